The maximum absolute atomic E-state index is 12.8. The lowest BCUT2D eigenvalue weighted by atomic mass is 9.95. The van der Waals surface area contributed by atoms with Gasteiger partial charge in [0.05, 0.1) is 5.92 Å². The maximum Gasteiger partial charge on any atom is 0.227 e. The lowest BCUT2D eigenvalue weighted by molar-refractivity contribution is -0.143. The highest BCUT2D eigenvalue weighted by atomic mass is 16.2. The number of likely N-dealkylation sites (tertiary alicyclic amines) is 1. The lowest BCUT2D eigenvalue weighted by Crippen LogP contribution is -2.53. The fraction of sp³-hybridized carbons (Fsp3) is 0.647. The molecule has 3 heterocycles. The van der Waals surface area contributed by atoms with Gasteiger partial charge in [-0.3, -0.25) is 9.59 Å². The molecule has 1 atom stereocenters. The first-order chi connectivity index (χ1) is 12.0. The fourth-order valence-corrected chi connectivity index (χ4v) is 3.57. The van der Waals surface area contributed by atoms with E-state index in [4.69, 9.17) is 5.73 Å². The molecule has 0 aromatic carbocycles. The molecule has 0 spiro atoms. The van der Waals surface area contributed by atoms with Crippen LogP contribution in [0, 0.1) is 12.8 Å². The Hall–Kier alpha value is -2.38. The number of piperazine rings is 1. The van der Waals surface area contributed by atoms with Crippen molar-refractivity contribution in [2.45, 2.75) is 26.7 Å². The minimum absolute atomic E-state index is 0.0684. The van der Waals surface area contributed by atoms with Crippen molar-refractivity contribution in [2.75, 3.05) is 49.9 Å². The normalized spacial score (nSPS) is 21.6. The first-order valence-corrected chi connectivity index (χ1v) is 8.90. The molecule has 8 heteroatoms. The van der Waals surface area contributed by atoms with Crippen molar-refractivity contribution in [3.05, 3.63) is 11.8 Å². The summed E-state index contributed by atoms with van der Waals surface area (Å²) in [6.45, 7) is 7.86. The number of nitrogen functional groups attached to an aromatic ring is 1. The number of anilines is 2. The van der Waals surface area contributed by atoms with E-state index in [1.54, 1.807) is 4.90 Å². The Morgan fingerprint density at radius 1 is 1.28 bits per heavy atom. The van der Waals surface area contributed by atoms with Crippen LogP contribution in [0.4, 0.5) is 11.8 Å². The van der Waals surface area contributed by atoms with Crippen molar-refractivity contribution < 1.29 is 9.59 Å². The zero-order valence-electron chi connectivity index (χ0n) is 14.9. The molecule has 2 aliphatic rings. The summed E-state index contributed by atoms with van der Waals surface area (Å²) >= 11 is 0. The van der Waals surface area contributed by atoms with Crippen LogP contribution in [0.5, 0.6) is 0 Å². The highest BCUT2D eigenvalue weighted by Gasteiger charge is 2.33. The molecule has 1 aromatic rings. The first-order valence-electron chi connectivity index (χ1n) is 8.90. The first kappa shape index (κ1) is 17.4. The molecule has 136 valence electrons. The number of aryl methyl sites for hydroxylation is 1. The van der Waals surface area contributed by atoms with Gasteiger partial charge in [0.2, 0.25) is 17.8 Å². The van der Waals surface area contributed by atoms with Crippen LogP contribution < -0.4 is 10.6 Å². The van der Waals surface area contributed by atoms with E-state index < -0.39 is 0 Å². The lowest BCUT2D eigenvalue weighted by Gasteiger charge is -2.39. The summed E-state index contributed by atoms with van der Waals surface area (Å²) in [5.41, 5.74) is 6.57. The largest absolute Gasteiger partial charge is 0.368 e. The quantitative estimate of drug-likeness (QED) is 0.844. The van der Waals surface area contributed by atoms with E-state index in [0.29, 0.717) is 39.0 Å². The van der Waals surface area contributed by atoms with E-state index in [2.05, 4.69) is 14.9 Å². The number of amides is 2. The van der Waals surface area contributed by atoms with Crippen LogP contribution in [0.15, 0.2) is 6.07 Å². The van der Waals surface area contributed by atoms with Crippen LogP contribution in [0.1, 0.15) is 25.5 Å². The van der Waals surface area contributed by atoms with Gasteiger partial charge >= 0.3 is 0 Å². The smallest absolute Gasteiger partial charge is 0.227 e. The van der Waals surface area contributed by atoms with Gasteiger partial charge in [-0.25, -0.2) is 4.98 Å². The number of nitrogens with two attached hydrogens (primary N) is 1. The van der Waals surface area contributed by atoms with Crippen LogP contribution in [0.25, 0.3) is 0 Å². The molecule has 0 radical (unpaired) electrons. The average molecular weight is 346 g/mol. The van der Waals surface area contributed by atoms with Gasteiger partial charge in [0.1, 0.15) is 5.82 Å². The van der Waals surface area contributed by atoms with Crippen molar-refractivity contribution in [3.63, 3.8) is 0 Å². The maximum atomic E-state index is 12.8. The molecule has 0 bridgehead atoms. The number of piperidine rings is 1. The van der Waals surface area contributed by atoms with Crippen LogP contribution in [-0.4, -0.2) is 70.9 Å². The summed E-state index contributed by atoms with van der Waals surface area (Å²) < 4.78 is 0. The van der Waals surface area contributed by atoms with Gasteiger partial charge in [-0.15, -0.1) is 0 Å². The van der Waals surface area contributed by atoms with Gasteiger partial charge in [-0.05, 0) is 20.3 Å². The van der Waals surface area contributed by atoms with E-state index in [1.165, 1.54) is 0 Å². The van der Waals surface area contributed by atoms with Crippen molar-refractivity contribution in [1.29, 1.82) is 0 Å². The van der Waals surface area contributed by atoms with E-state index >= 15 is 0 Å². The molecule has 0 unspecified atom stereocenters. The van der Waals surface area contributed by atoms with Crippen LogP contribution >= 0.6 is 0 Å². The molecule has 2 fully saturated rings. The third-order valence-electron chi connectivity index (χ3n) is 5.00. The van der Waals surface area contributed by atoms with Crippen molar-refractivity contribution >= 4 is 23.6 Å². The second-order valence-corrected chi connectivity index (χ2v) is 6.71. The SMILES string of the molecule is CCN1C[C@H](C(=O)N2CCN(c3cc(C)nc(N)n3)CC2)CCC1=O. The fourth-order valence-electron chi connectivity index (χ4n) is 3.57. The van der Waals surface area contributed by atoms with E-state index in [0.717, 1.165) is 24.6 Å². The molecule has 2 saturated heterocycles. The summed E-state index contributed by atoms with van der Waals surface area (Å²) in [6.07, 6.45) is 1.14. The second-order valence-electron chi connectivity index (χ2n) is 6.71. The standard InChI is InChI=1S/C17H26N6O2/c1-3-21-11-13(4-5-15(21)24)16(25)23-8-6-22(7-9-23)14-10-12(2)19-17(18)20-14/h10,13H,3-9,11H2,1-2H3,(H2,18,19,20)/t13-/m1/s1. The van der Waals surface area contributed by atoms with Gasteiger partial charge in [-0.1, -0.05) is 0 Å². The summed E-state index contributed by atoms with van der Waals surface area (Å²) in [7, 11) is 0. The predicted molar refractivity (Wildman–Crippen MR) is 95.0 cm³/mol. The van der Waals surface area contributed by atoms with Gasteiger partial charge < -0.3 is 20.4 Å². The number of rotatable bonds is 3. The molecule has 0 saturated carbocycles. The third-order valence-corrected chi connectivity index (χ3v) is 5.00. The molecule has 2 N–H and O–H groups in total. The minimum atomic E-state index is -0.0684. The Bertz CT molecular complexity index is 636. The number of nitrogens with zero attached hydrogens (tertiary/aromatic N) is 5. The zero-order chi connectivity index (χ0) is 18.0. The topological polar surface area (TPSA) is 95.7 Å². The van der Waals surface area contributed by atoms with Gasteiger partial charge in [0, 0.05) is 57.4 Å². The third kappa shape index (κ3) is 3.83. The number of aromatic nitrogens is 2. The van der Waals surface area contributed by atoms with Crippen molar-refractivity contribution in [1.82, 2.24) is 19.8 Å². The second kappa shape index (κ2) is 7.25. The van der Waals surface area contributed by atoms with Crippen LogP contribution in [0.3, 0.4) is 0 Å². The summed E-state index contributed by atoms with van der Waals surface area (Å²) in [5.74, 6) is 1.36. The molecular weight excluding hydrogens is 320 g/mol. The number of hydrogen-bond acceptors (Lipinski definition) is 6. The molecular formula is C17H26N6O2. The number of carbonyl (C=O) groups excluding carboxylic acids is 2. The van der Waals surface area contributed by atoms with Gasteiger partial charge in [0.15, 0.2) is 0 Å². The molecule has 25 heavy (non-hydrogen) atoms. The molecule has 3 rings (SSSR count). The van der Waals surface area contributed by atoms with Crippen molar-refractivity contribution in [2.24, 2.45) is 5.92 Å². The molecule has 2 aliphatic heterocycles. The highest BCUT2D eigenvalue weighted by Crippen LogP contribution is 2.22. The summed E-state index contributed by atoms with van der Waals surface area (Å²) in [5, 5.41) is 0. The molecule has 8 nitrogen and oxygen atoms in total. The Kier molecular flexibility index (Phi) is 5.06. The highest BCUT2D eigenvalue weighted by molar-refractivity contribution is 5.84. The Morgan fingerprint density at radius 3 is 2.64 bits per heavy atom. The van der Waals surface area contributed by atoms with Crippen LogP contribution in [0.2, 0.25) is 0 Å². The van der Waals surface area contributed by atoms with E-state index in [1.807, 2.05) is 24.8 Å². The zero-order valence-corrected chi connectivity index (χ0v) is 14.9. The minimum Gasteiger partial charge on any atom is -0.368 e. The predicted octanol–water partition coefficient (Wildman–Crippen LogP) is 0.274. The van der Waals surface area contributed by atoms with Crippen LogP contribution in [-0.2, 0) is 9.59 Å². The summed E-state index contributed by atoms with van der Waals surface area (Å²) in [6, 6.07) is 1.92. The molecule has 2 amide bonds. The number of carbonyl (C=O) groups is 2. The average Bonchev–Trinajstić information content (AvgIpc) is 2.61. The van der Waals surface area contributed by atoms with E-state index in [-0.39, 0.29) is 23.7 Å². The Morgan fingerprint density at radius 2 is 2.00 bits per heavy atom. The Balaban J connectivity index is 1.58. The van der Waals surface area contributed by atoms with E-state index in [9.17, 15) is 9.59 Å². The monoisotopic (exact) mass is 346 g/mol. The van der Waals surface area contributed by atoms with Gasteiger partial charge in [-0.2, -0.15) is 4.98 Å². The van der Waals surface area contributed by atoms with Gasteiger partial charge in [0.25, 0.3) is 0 Å². The molecule has 0 aliphatic carbocycles. The summed E-state index contributed by atoms with van der Waals surface area (Å²) in [4.78, 5) is 38.8. The van der Waals surface area contributed by atoms with Crippen molar-refractivity contribution in [3.8, 4) is 0 Å². The Labute approximate surface area is 148 Å². The molecule has 1 aromatic heterocycles. The number of hydrogen-bond donors (Lipinski definition) is 1.